The van der Waals surface area contributed by atoms with Gasteiger partial charge >= 0.3 is 12.0 Å². The normalized spacial score (nSPS) is 29.9. The molecule has 2 N–H and O–H groups in total. The van der Waals surface area contributed by atoms with Crippen molar-refractivity contribution in [1.29, 1.82) is 0 Å². The first-order valence-corrected chi connectivity index (χ1v) is 13.2. The molecule has 7 rings (SSSR count). The highest BCUT2D eigenvalue weighted by molar-refractivity contribution is 6.39. The summed E-state index contributed by atoms with van der Waals surface area (Å²) in [5.41, 5.74) is 2.29. The van der Waals surface area contributed by atoms with E-state index in [1.165, 1.54) is 57.1 Å². The summed E-state index contributed by atoms with van der Waals surface area (Å²) in [5.74, 6) is 0.247. The number of benzene rings is 2. The Morgan fingerprint density at radius 2 is 1.55 bits per heavy atom. The highest BCUT2D eigenvalue weighted by Gasteiger charge is 2.51. The van der Waals surface area contributed by atoms with Gasteiger partial charge in [0.25, 0.3) is 11.8 Å². The van der Waals surface area contributed by atoms with Crippen LogP contribution in [0.15, 0.2) is 54.1 Å². The van der Waals surface area contributed by atoms with Gasteiger partial charge in [-0.1, -0.05) is 24.3 Å². The molecule has 4 saturated carbocycles. The molecule has 8 nitrogen and oxygen atoms in total. The van der Waals surface area contributed by atoms with Gasteiger partial charge in [0, 0.05) is 0 Å². The summed E-state index contributed by atoms with van der Waals surface area (Å²) in [4.78, 5) is 50.6. The molecule has 0 spiro atoms. The lowest BCUT2D eigenvalue weighted by Crippen LogP contribution is -2.54. The first-order chi connectivity index (χ1) is 18.2. The van der Waals surface area contributed by atoms with Gasteiger partial charge in [-0.05, 0) is 110 Å². The van der Waals surface area contributed by atoms with Crippen LogP contribution in [-0.4, -0.2) is 35.0 Å². The molecule has 1 saturated heterocycles. The van der Waals surface area contributed by atoms with Crippen molar-refractivity contribution in [3.63, 3.8) is 0 Å². The average molecular weight is 515 g/mol. The zero-order valence-electron chi connectivity index (χ0n) is 21.2. The Bertz CT molecular complexity index is 1310. The maximum Gasteiger partial charge on any atom is 0.344 e. The number of carboxylic acid groups (broad SMARTS) is 1. The summed E-state index contributed by atoms with van der Waals surface area (Å²) in [7, 11) is 0. The van der Waals surface area contributed by atoms with Crippen molar-refractivity contribution >= 4 is 35.6 Å². The van der Waals surface area contributed by atoms with Gasteiger partial charge in [-0.15, -0.1) is 0 Å². The van der Waals surface area contributed by atoms with Crippen LogP contribution >= 0.6 is 0 Å². The number of aliphatic carboxylic acids is 1. The SMILES string of the molecule is C[C@H](Oc1ccc(/C=C2\C(=O)NC(=O)N(c3ccc(C45CC6CC(CC(C6)C4)C5)cc3)C2=O)cc1)C(=O)O. The molecule has 0 radical (unpaired) electrons. The Balaban J connectivity index is 1.22. The summed E-state index contributed by atoms with van der Waals surface area (Å²) in [6.07, 6.45) is 8.15. The minimum Gasteiger partial charge on any atom is -0.479 e. The highest BCUT2D eigenvalue weighted by atomic mass is 16.5. The standard InChI is InChI=1S/C30H30N2O6/c1-17(28(35)36)38-24-8-2-18(3-9-24)13-25-26(33)31-29(37)32(27(25)34)23-6-4-22(5-7-23)30-14-19-10-20(15-30)12-21(11-19)16-30/h2-9,13,17,19-21H,10-12,14-16H2,1H3,(H,35,36)(H,31,33,37)/b25-13+/t17-,19?,20?,21?,30?/m0/s1. The molecule has 4 amide bonds. The predicted octanol–water partition coefficient (Wildman–Crippen LogP) is 4.67. The molecular weight excluding hydrogens is 484 g/mol. The molecule has 1 atom stereocenters. The third-order valence-corrected chi connectivity index (χ3v) is 8.73. The van der Waals surface area contributed by atoms with Gasteiger partial charge < -0.3 is 9.84 Å². The minimum absolute atomic E-state index is 0.165. The van der Waals surface area contributed by atoms with E-state index in [0.717, 1.165) is 22.7 Å². The lowest BCUT2D eigenvalue weighted by molar-refractivity contribution is -0.144. The molecule has 5 aliphatic rings. The fraction of sp³-hybridized carbons (Fsp3) is 0.400. The molecule has 4 aliphatic carbocycles. The zero-order valence-corrected chi connectivity index (χ0v) is 21.2. The number of hydrogen-bond donors (Lipinski definition) is 2. The van der Waals surface area contributed by atoms with E-state index in [2.05, 4.69) is 17.4 Å². The fourth-order valence-corrected chi connectivity index (χ4v) is 7.38. The van der Waals surface area contributed by atoms with E-state index in [-0.39, 0.29) is 11.0 Å². The first-order valence-electron chi connectivity index (χ1n) is 13.2. The Morgan fingerprint density at radius 1 is 0.974 bits per heavy atom. The van der Waals surface area contributed by atoms with Crippen LogP contribution in [0.5, 0.6) is 5.75 Å². The maximum absolute atomic E-state index is 13.3. The number of imide groups is 2. The Morgan fingerprint density at radius 3 is 2.11 bits per heavy atom. The lowest BCUT2D eigenvalue weighted by Gasteiger charge is -2.57. The number of hydrogen-bond acceptors (Lipinski definition) is 5. The minimum atomic E-state index is -1.09. The number of anilines is 1. The summed E-state index contributed by atoms with van der Waals surface area (Å²) in [6.45, 7) is 1.42. The van der Waals surface area contributed by atoms with E-state index in [1.54, 1.807) is 24.3 Å². The summed E-state index contributed by atoms with van der Waals surface area (Å²) in [6, 6.07) is 13.3. The summed E-state index contributed by atoms with van der Waals surface area (Å²) < 4.78 is 5.32. The van der Waals surface area contributed by atoms with Gasteiger partial charge in [-0.2, -0.15) is 0 Å². The Kier molecular flexibility index (Phi) is 5.85. The molecule has 8 heteroatoms. The van der Waals surface area contributed by atoms with E-state index in [0.29, 0.717) is 17.0 Å². The van der Waals surface area contributed by atoms with Crippen LogP contribution in [0.4, 0.5) is 10.5 Å². The van der Waals surface area contributed by atoms with Crippen LogP contribution in [0.3, 0.4) is 0 Å². The van der Waals surface area contributed by atoms with E-state index >= 15 is 0 Å². The van der Waals surface area contributed by atoms with Gasteiger partial charge in [0.2, 0.25) is 0 Å². The quantitative estimate of drug-likeness (QED) is 0.428. The second kappa shape index (κ2) is 9.11. The van der Waals surface area contributed by atoms with Gasteiger partial charge in [0.15, 0.2) is 6.10 Å². The fourth-order valence-electron chi connectivity index (χ4n) is 7.38. The van der Waals surface area contributed by atoms with E-state index in [1.807, 2.05) is 12.1 Å². The molecule has 4 bridgehead atoms. The van der Waals surface area contributed by atoms with Gasteiger partial charge in [0.1, 0.15) is 11.3 Å². The molecule has 196 valence electrons. The van der Waals surface area contributed by atoms with Crippen molar-refractivity contribution in [3.8, 4) is 5.75 Å². The first kappa shape index (κ1) is 24.4. The molecule has 2 aromatic carbocycles. The smallest absolute Gasteiger partial charge is 0.344 e. The number of rotatable bonds is 6. The number of nitrogens with zero attached hydrogens (tertiary/aromatic N) is 1. The molecule has 1 heterocycles. The van der Waals surface area contributed by atoms with Gasteiger partial charge in [-0.25, -0.2) is 14.5 Å². The molecule has 0 aromatic heterocycles. The number of barbiturate groups is 1. The van der Waals surface area contributed by atoms with Crippen LogP contribution in [0, 0.1) is 17.8 Å². The van der Waals surface area contributed by atoms with E-state index in [4.69, 9.17) is 9.84 Å². The second-order valence-corrected chi connectivity index (χ2v) is 11.4. The molecular formula is C30H30N2O6. The number of ether oxygens (including phenoxy) is 1. The zero-order chi connectivity index (χ0) is 26.6. The van der Waals surface area contributed by atoms with Crippen molar-refractivity contribution in [2.24, 2.45) is 17.8 Å². The van der Waals surface area contributed by atoms with Crippen LogP contribution in [-0.2, 0) is 19.8 Å². The average Bonchev–Trinajstić information content (AvgIpc) is 2.87. The van der Waals surface area contributed by atoms with Crippen molar-refractivity contribution in [1.82, 2.24) is 5.32 Å². The molecule has 0 unspecified atom stereocenters. The number of carbonyl (C=O) groups excluding carboxylic acids is 3. The van der Waals surface area contributed by atoms with Crippen molar-refractivity contribution < 1.29 is 29.0 Å². The van der Waals surface area contributed by atoms with E-state index < -0.39 is 29.9 Å². The largest absolute Gasteiger partial charge is 0.479 e. The third-order valence-electron chi connectivity index (χ3n) is 8.73. The van der Waals surface area contributed by atoms with Gasteiger partial charge in [-0.3, -0.25) is 14.9 Å². The Labute approximate surface area is 220 Å². The number of nitrogens with one attached hydrogen (secondary N) is 1. The summed E-state index contributed by atoms with van der Waals surface area (Å²) >= 11 is 0. The Hall–Kier alpha value is -3.94. The maximum atomic E-state index is 13.3. The molecule has 5 fully saturated rings. The lowest BCUT2D eigenvalue weighted by atomic mass is 9.48. The van der Waals surface area contributed by atoms with Crippen LogP contribution in [0.1, 0.15) is 56.6 Å². The molecule has 2 aromatic rings. The number of amides is 4. The van der Waals surface area contributed by atoms with Crippen LogP contribution in [0.2, 0.25) is 0 Å². The van der Waals surface area contributed by atoms with E-state index in [9.17, 15) is 19.2 Å². The molecule has 38 heavy (non-hydrogen) atoms. The summed E-state index contributed by atoms with van der Waals surface area (Å²) in [5, 5.41) is 11.3. The van der Waals surface area contributed by atoms with Crippen LogP contribution < -0.4 is 15.0 Å². The monoisotopic (exact) mass is 514 g/mol. The predicted molar refractivity (Wildman–Crippen MR) is 139 cm³/mol. The van der Waals surface area contributed by atoms with Gasteiger partial charge in [0.05, 0.1) is 5.69 Å². The highest BCUT2D eigenvalue weighted by Crippen LogP contribution is 2.60. The second-order valence-electron chi connectivity index (χ2n) is 11.4. The number of carboxylic acids is 1. The number of carbonyl (C=O) groups is 4. The van der Waals surface area contributed by atoms with Crippen molar-refractivity contribution in [2.45, 2.75) is 57.0 Å². The third kappa shape index (κ3) is 4.27. The number of urea groups is 1. The van der Waals surface area contributed by atoms with Crippen molar-refractivity contribution in [3.05, 3.63) is 65.2 Å². The van der Waals surface area contributed by atoms with Crippen molar-refractivity contribution in [2.75, 3.05) is 4.90 Å². The molecule has 1 aliphatic heterocycles. The topological polar surface area (TPSA) is 113 Å². The van der Waals surface area contributed by atoms with Crippen LogP contribution in [0.25, 0.3) is 6.08 Å².